The number of carboxylic acid groups (broad SMARTS) is 1. The fourth-order valence-electron chi connectivity index (χ4n) is 2.46. The Morgan fingerprint density at radius 1 is 1.40 bits per heavy atom. The smallest absolute Gasteiger partial charge is 0.335 e. The van der Waals surface area contributed by atoms with E-state index in [1.165, 1.54) is 18.4 Å². The topological polar surface area (TPSA) is 40.5 Å². The Morgan fingerprint density at radius 2 is 2.20 bits per heavy atom. The van der Waals surface area contributed by atoms with Gasteiger partial charge < -0.3 is 10.0 Å². The van der Waals surface area contributed by atoms with Gasteiger partial charge in [-0.1, -0.05) is 0 Å². The first-order valence-corrected chi connectivity index (χ1v) is 7.71. The van der Waals surface area contributed by atoms with Crippen LogP contribution in [0.4, 0.5) is 5.69 Å². The summed E-state index contributed by atoms with van der Waals surface area (Å²) >= 11 is 1.71. The molecule has 3 nitrogen and oxygen atoms in total. The summed E-state index contributed by atoms with van der Waals surface area (Å²) in [6.45, 7) is 2.77. The second-order valence-electron chi connectivity index (χ2n) is 5.30. The van der Waals surface area contributed by atoms with E-state index in [0.29, 0.717) is 11.6 Å². The summed E-state index contributed by atoms with van der Waals surface area (Å²) in [4.78, 5) is 13.5. The summed E-state index contributed by atoms with van der Waals surface area (Å²) in [6.07, 6.45) is 2.45. The fourth-order valence-corrected chi connectivity index (χ4v) is 3.12. The SMILES string of the molecule is Cc1cc(N(Cc2ccsc2)C2CC2)ccc1C(=O)O. The van der Waals surface area contributed by atoms with Crippen LogP contribution in [0.25, 0.3) is 0 Å². The second-order valence-corrected chi connectivity index (χ2v) is 6.08. The van der Waals surface area contributed by atoms with Crippen molar-refractivity contribution in [2.24, 2.45) is 0 Å². The lowest BCUT2D eigenvalue weighted by Gasteiger charge is -2.25. The first-order chi connectivity index (χ1) is 9.65. The minimum Gasteiger partial charge on any atom is -0.478 e. The van der Waals surface area contributed by atoms with Crippen LogP contribution in [0.3, 0.4) is 0 Å². The summed E-state index contributed by atoms with van der Waals surface area (Å²) in [7, 11) is 0. The lowest BCUT2D eigenvalue weighted by molar-refractivity contribution is 0.0696. The van der Waals surface area contributed by atoms with Gasteiger partial charge in [0, 0.05) is 18.3 Å². The third-order valence-corrected chi connectivity index (χ3v) is 4.42. The van der Waals surface area contributed by atoms with Gasteiger partial charge in [0.1, 0.15) is 0 Å². The summed E-state index contributed by atoms with van der Waals surface area (Å²) < 4.78 is 0. The highest BCUT2D eigenvalue weighted by atomic mass is 32.1. The number of benzene rings is 1. The molecule has 1 fully saturated rings. The average molecular weight is 287 g/mol. The highest BCUT2D eigenvalue weighted by Crippen LogP contribution is 2.34. The number of nitrogens with zero attached hydrogens (tertiary/aromatic N) is 1. The maximum atomic E-state index is 11.1. The van der Waals surface area contributed by atoms with Crippen molar-refractivity contribution in [3.05, 3.63) is 51.7 Å². The van der Waals surface area contributed by atoms with E-state index in [9.17, 15) is 4.79 Å². The zero-order valence-electron chi connectivity index (χ0n) is 11.4. The van der Waals surface area contributed by atoms with Crippen molar-refractivity contribution in [1.82, 2.24) is 0 Å². The molecule has 2 aromatic rings. The molecule has 104 valence electrons. The lowest BCUT2D eigenvalue weighted by atomic mass is 10.1. The van der Waals surface area contributed by atoms with Crippen molar-refractivity contribution in [2.75, 3.05) is 4.90 Å². The largest absolute Gasteiger partial charge is 0.478 e. The van der Waals surface area contributed by atoms with Gasteiger partial charge in [0.15, 0.2) is 0 Å². The van der Waals surface area contributed by atoms with Crippen LogP contribution in [0.15, 0.2) is 35.0 Å². The molecular weight excluding hydrogens is 270 g/mol. The van der Waals surface area contributed by atoms with Crippen molar-refractivity contribution in [3.8, 4) is 0 Å². The molecule has 1 aromatic carbocycles. The van der Waals surface area contributed by atoms with E-state index in [-0.39, 0.29) is 0 Å². The molecule has 0 amide bonds. The van der Waals surface area contributed by atoms with Gasteiger partial charge >= 0.3 is 5.97 Å². The number of carbonyl (C=O) groups is 1. The lowest BCUT2D eigenvalue weighted by Crippen LogP contribution is -2.25. The van der Waals surface area contributed by atoms with Crippen molar-refractivity contribution < 1.29 is 9.90 Å². The number of rotatable bonds is 5. The van der Waals surface area contributed by atoms with Crippen LogP contribution in [0.2, 0.25) is 0 Å². The number of hydrogen-bond donors (Lipinski definition) is 1. The molecular formula is C16H17NO2S. The monoisotopic (exact) mass is 287 g/mol. The van der Waals surface area contributed by atoms with Crippen LogP contribution >= 0.6 is 11.3 Å². The average Bonchev–Trinajstić information content (AvgIpc) is 3.12. The quantitative estimate of drug-likeness (QED) is 0.906. The number of thiophene rings is 1. The van der Waals surface area contributed by atoms with Gasteiger partial charge in [-0.3, -0.25) is 0 Å². The van der Waals surface area contributed by atoms with Gasteiger partial charge in [-0.25, -0.2) is 4.79 Å². The maximum absolute atomic E-state index is 11.1. The molecule has 3 rings (SSSR count). The molecule has 0 radical (unpaired) electrons. The Kier molecular flexibility index (Phi) is 3.49. The highest BCUT2D eigenvalue weighted by molar-refractivity contribution is 7.07. The molecule has 1 heterocycles. The molecule has 0 unspecified atom stereocenters. The minimum absolute atomic E-state index is 0.389. The molecule has 4 heteroatoms. The van der Waals surface area contributed by atoms with Crippen LogP contribution in [-0.4, -0.2) is 17.1 Å². The van der Waals surface area contributed by atoms with Crippen LogP contribution in [0.1, 0.15) is 34.3 Å². The van der Waals surface area contributed by atoms with E-state index < -0.39 is 5.97 Å². The first-order valence-electron chi connectivity index (χ1n) is 6.77. The van der Waals surface area contributed by atoms with Crippen LogP contribution in [0.5, 0.6) is 0 Å². The Bertz CT molecular complexity index is 617. The molecule has 0 saturated heterocycles. The third-order valence-electron chi connectivity index (χ3n) is 3.69. The van der Waals surface area contributed by atoms with Crippen LogP contribution in [-0.2, 0) is 6.54 Å². The Hall–Kier alpha value is -1.81. The van der Waals surface area contributed by atoms with E-state index >= 15 is 0 Å². The highest BCUT2D eigenvalue weighted by Gasteiger charge is 2.29. The molecule has 1 aliphatic carbocycles. The van der Waals surface area contributed by atoms with E-state index in [2.05, 4.69) is 21.7 Å². The molecule has 20 heavy (non-hydrogen) atoms. The van der Waals surface area contributed by atoms with Gasteiger partial charge in [0.05, 0.1) is 5.56 Å². The van der Waals surface area contributed by atoms with Crippen molar-refractivity contribution in [3.63, 3.8) is 0 Å². The second kappa shape index (κ2) is 5.29. The Labute approximate surface area is 122 Å². The van der Waals surface area contributed by atoms with E-state index in [0.717, 1.165) is 17.8 Å². The third kappa shape index (κ3) is 2.70. The molecule has 0 atom stereocenters. The van der Waals surface area contributed by atoms with Crippen LogP contribution in [0, 0.1) is 6.92 Å². The number of hydrogen-bond acceptors (Lipinski definition) is 3. The van der Waals surface area contributed by atoms with Gasteiger partial charge in [0.2, 0.25) is 0 Å². The molecule has 1 aromatic heterocycles. The predicted molar refractivity (Wildman–Crippen MR) is 81.7 cm³/mol. The number of aromatic carboxylic acids is 1. The summed E-state index contributed by atoms with van der Waals surface area (Å²) in [6, 6.07) is 8.40. The molecule has 0 aliphatic heterocycles. The zero-order valence-corrected chi connectivity index (χ0v) is 12.2. The minimum atomic E-state index is -0.857. The normalized spacial score (nSPS) is 14.2. The predicted octanol–water partition coefficient (Wildman–Crippen LogP) is 3.92. The number of anilines is 1. The summed E-state index contributed by atoms with van der Waals surface area (Å²) in [5.74, 6) is -0.857. The van der Waals surface area contributed by atoms with Gasteiger partial charge in [-0.05, 0) is 65.9 Å². The number of carboxylic acids is 1. The Balaban J connectivity index is 1.88. The van der Waals surface area contributed by atoms with Crippen LogP contribution < -0.4 is 4.90 Å². The zero-order chi connectivity index (χ0) is 14.1. The summed E-state index contributed by atoms with van der Waals surface area (Å²) in [5, 5.41) is 13.4. The molecule has 1 saturated carbocycles. The fraction of sp³-hybridized carbons (Fsp3) is 0.312. The van der Waals surface area contributed by atoms with Crippen molar-refractivity contribution in [2.45, 2.75) is 32.4 Å². The van der Waals surface area contributed by atoms with Gasteiger partial charge in [-0.15, -0.1) is 0 Å². The molecule has 0 spiro atoms. The van der Waals surface area contributed by atoms with Gasteiger partial charge in [0.25, 0.3) is 0 Å². The van der Waals surface area contributed by atoms with Crippen molar-refractivity contribution in [1.29, 1.82) is 0 Å². The summed E-state index contributed by atoms with van der Waals surface area (Å²) in [5.41, 5.74) is 3.66. The number of aryl methyl sites for hydroxylation is 1. The molecule has 1 N–H and O–H groups in total. The van der Waals surface area contributed by atoms with Crippen molar-refractivity contribution >= 4 is 23.0 Å². The standard InChI is InChI=1S/C16H17NO2S/c1-11-8-14(4-5-15(11)16(18)19)17(13-2-3-13)9-12-6-7-20-10-12/h4-8,10,13H,2-3,9H2,1H3,(H,18,19). The van der Waals surface area contributed by atoms with Gasteiger partial charge in [-0.2, -0.15) is 11.3 Å². The van der Waals surface area contributed by atoms with E-state index in [4.69, 9.17) is 5.11 Å². The Morgan fingerprint density at radius 3 is 2.75 bits per heavy atom. The molecule has 1 aliphatic rings. The molecule has 0 bridgehead atoms. The first kappa shape index (κ1) is 13.2. The van der Waals surface area contributed by atoms with E-state index in [1.807, 2.05) is 19.1 Å². The maximum Gasteiger partial charge on any atom is 0.335 e. The van der Waals surface area contributed by atoms with E-state index in [1.54, 1.807) is 17.4 Å².